The van der Waals surface area contributed by atoms with Crippen LogP contribution in [0.1, 0.15) is 19.3 Å². The third-order valence-corrected chi connectivity index (χ3v) is 2.22. The van der Waals surface area contributed by atoms with Gasteiger partial charge in [0.25, 0.3) is 0 Å². The third-order valence-electron chi connectivity index (χ3n) is 2.22. The van der Waals surface area contributed by atoms with Crippen molar-refractivity contribution in [3.63, 3.8) is 0 Å². The van der Waals surface area contributed by atoms with E-state index >= 15 is 0 Å². The molecule has 0 unspecified atom stereocenters. The standard InChI is InChI=1S/C8H11F3N2O3/c9-8(10,11)3-4-12-5(14)7(1-2-7)13-6(15)16/h13H,1-4H2,(H,12,14)(H,15,16). The number of alkyl halides is 3. The maximum atomic E-state index is 11.8. The summed E-state index contributed by atoms with van der Waals surface area (Å²) in [6.45, 7) is -0.536. The summed E-state index contributed by atoms with van der Waals surface area (Å²) in [5, 5.41) is 12.5. The lowest BCUT2D eigenvalue weighted by molar-refractivity contribution is -0.136. The highest BCUT2D eigenvalue weighted by Gasteiger charge is 2.51. The van der Waals surface area contributed by atoms with Crippen molar-refractivity contribution in [1.29, 1.82) is 0 Å². The predicted molar refractivity (Wildman–Crippen MR) is 46.8 cm³/mol. The number of halogens is 3. The Morgan fingerprint density at radius 2 is 1.88 bits per heavy atom. The van der Waals surface area contributed by atoms with Crippen molar-refractivity contribution in [3.8, 4) is 0 Å². The molecule has 0 aromatic carbocycles. The van der Waals surface area contributed by atoms with Gasteiger partial charge in [0.2, 0.25) is 5.91 Å². The van der Waals surface area contributed by atoms with E-state index in [9.17, 15) is 22.8 Å². The lowest BCUT2D eigenvalue weighted by Gasteiger charge is -2.15. The molecule has 2 amide bonds. The highest BCUT2D eigenvalue weighted by molar-refractivity contribution is 5.92. The molecule has 16 heavy (non-hydrogen) atoms. The number of nitrogens with one attached hydrogen (secondary N) is 2. The Labute approximate surface area is 89.0 Å². The van der Waals surface area contributed by atoms with Crippen LogP contribution < -0.4 is 10.6 Å². The zero-order chi connectivity index (χ0) is 12.4. The summed E-state index contributed by atoms with van der Waals surface area (Å²) < 4.78 is 35.3. The van der Waals surface area contributed by atoms with E-state index < -0.39 is 36.7 Å². The number of amides is 2. The summed E-state index contributed by atoms with van der Waals surface area (Å²) >= 11 is 0. The van der Waals surface area contributed by atoms with Crippen molar-refractivity contribution < 1.29 is 27.9 Å². The highest BCUT2D eigenvalue weighted by atomic mass is 19.4. The average Bonchev–Trinajstić information content (AvgIpc) is 2.82. The van der Waals surface area contributed by atoms with Crippen LogP contribution in [0.4, 0.5) is 18.0 Å². The molecule has 92 valence electrons. The van der Waals surface area contributed by atoms with Crippen molar-refractivity contribution in [2.45, 2.75) is 31.0 Å². The van der Waals surface area contributed by atoms with Crippen LogP contribution in [0.15, 0.2) is 0 Å². The van der Waals surface area contributed by atoms with Gasteiger partial charge in [-0.05, 0) is 12.8 Å². The molecular weight excluding hydrogens is 229 g/mol. The maximum absolute atomic E-state index is 11.8. The van der Waals surface area contributed by atoms with Gasteiger partial charge < -0.3 is 15.7 Å². The highest BCUT2D eigenvalue weighted by Crippen LogP contribution is 2.35. The lowest BCUT2D eigenvalue weighted by Crippen LogP contribution is -2.49. The van der Waals surface area contributed by atoms with Gasteiger partial charge in [0.1, 0.15) is 5.54 Å². The zero-order valence-electron chi connectivity index (χ0n) is 8.23. The number of rotatable bonds is 4. The van der Waals surface area contributed by atoms with Crippen molar-refractivity contribution in [3.05, 3.63) is 0 Å². The monoisotopic (exact) mass is 240 g/mol. The minimum Gasteiger partial charge on any atom is -0.465 e. The Morgan fingerprint density at radius 3 is 2.25 bits per heavy atom. The van der Waals surface area contributed by atoms with Crippen molar-refractivity contribution in [2.24, 2.45) is 0 Å². The SMILES string of the molecule is O=C(O)NC1(C(=O)NCCC(F)(F)F)CC1. The van der Waals surface area contributed by atoms with Gasteiger partial charge in [-0.2, -0.15) is 13.2 Å². The average molecular weight is 240 g/mol. The normalized spacial score (nSPS) is 17.7. The zero-order valence-corrected chi connectivity index (χ0v) is 8.23. The number of hydrogen-bond donors (Lipinski definition) is 3. The van der Waals surface area contributed by atoms with E-state index in [0.717, 1.165) is 0 Å². The van der Waals surface area contributed by atoms with Gasteiger partial charge in [0.15, 0.2) is 0 Å². The van der Waals surface area contributed by atoms with Crippen molar-refractivity contribution >= 4 is 12.0 Å². The first kappa shape index (κ1) is 12.6. The van der Waals surface area contributed by atoms with Crippen LogP contribution in [0.25, 0.3) is 0 Å². The third kappa shape index (κ3) is 3.59. The molecule has 0 aromatic heterocycles. The summed E-state index contributed by atoms with van der Waals surface area (Å²) in [5.41, 5.74) is -1.21. The van der Waals surface area contributed by atoms with Gasteiger partial charge in [-0.1, -0.05) is 0 Å². The van der Waals surface area contributed by atoms with Crippen LogP contribution in [0.3, 0.4) is 0 Å². The van der Waals surface area contributed by atoms with E-state index in [-0.39, 0.29) is 0 Å². The summed E-state index contributed by atoms with van der Waals surface area (Å²) in [5.74, 6) is -0.695. The fourth-order valence-corrected chi connectivity index (χ4v) is 1.23. The van der Waals surface area contributed by atoms with Crippen LogP contribution in [0, 0.1) is 0 Å². The molecule has 0 radical (unpaired) electrons. The van der Waals surface area contributed by atoms with Gasteiger partial charge in [0.05, 0.1) is 6.42 Å². The molecule has 0 atom stereocenters. The van der Waals surface area contributed by atoms with Crippen LogP contribution in [-0.4, -0.2) is 35.4 Å². The van der Waals surface area contributed by atoms with Gasteiger partial charge in [-0.25, -0.2) is 4.79 Å². The van der Waals surface area contributed by atoms with Gasteiger partial charge in [-0.3, -0.25) is 4.79 Å². The van der Waals surface area contributed by atoms with E-state index in [1.54, 1.807) is 0 Å². The second kappa shape index (κ2) is 4.18. The molecule has 5 nitrogen and oxygen atoms in total. The molecule has 1 aliphatic carbocycles. The van der Waals surface area contributed by atoms with Crippen molar-refractivity contribution in [1.82, 2.24) is 10.6 Å². The molecule has 8 heteroatoms. The molecule has 0 bridgehead atoms. The number of hydrogen-bond acceptors (Lipinski definition) is 2. The Hall–Kier alpha value is -1.47. The Morgan fingerprint density at radius 1 is 1.31 bits per heavy atom. The predicted octanol–water partition coefficient (Wildman–Crippen LogP) is 0.855. The largest absolute Gasteiger partial charge is 0.465 e. The Kier molecular flexibility index (Phi) is 3.30. The molecule has 1 rings (SSSR count). The molecule has 0 saturated heterocycles. The van der Waals surface area contributed by atoms with Gasteiger partial charge >= 0.3 is 12.3 Å². The summed E-state index contributed by atoms with van der Waals surface area (Å²) in [4.78, 5) is 21.7. The van der Waals surface area contributed by atoms with Crippen molar-refractivity contribution in [2.75, 3.05) is 6.54 Å². The van der Waals surface area contributed by atoms with E-state index in [0.29, 0.717) is 12.8 Å². The Balaban J connectivity index is 2.33. The fourth-order valence-electron chi connectivity index (χ4n) is 1.23. The van der Waals surface area contributed by atoms with Crippen LogP contribution in [0.5, 0.6) is 0 Å². The summed E-state index contributed by atoms with van der Waals surface area (Å²) in [6.07, 6.45) is -6.18. The molecule has 0 aromatic rings. The van der Waals surface area contributed by atoms with E-state index in [1.165, 1.54) is 0 Å². The molecule has 0 aliphatic heterocycles. The molecular formula is C8H11F3N2O3. The van der Waals surface area contributed by atoms with E-state index in [2.05, 4.69) is 5.32 Å². The second-order valence-electron chi connectivity index (χ2n) is 3.63. The summed E-state index contributed by atoms with van der Waals surface area (Å²) in [6, 6.07) is 0. The van der Waals surface area contributed by atoms with Gasteiger partial charge in [0, 0.05) is 6.54 Å². The van der Waals surface area contributed by atoms with E-state index in [1.807, 2.05) is 5.32 Å². The number of carbonyl (C=O) groups excluding carboxylic acids is 1. The molecule has 1 fully saturated rings. The first-order valence-corrected chi connectivity index (χ1v) is 4.61. The number of carbonyl (C=O) groups is 2. The minimum atomic E-state index is -4.33. The summed E-state index contributed by atoms with van der Waals surface area (Å²) in [7, 11) is 0. The number of carboxylic acid groups (broad SMARTS) is 1. The molecule has 0 heterocycles. The van der Waals surface area contributed by atoms with Crippen LogP contribution in [-0.2, 0) is 4.79 Å². The lowest BCUT2D eigenvalue weighted by atomic mass is 10.2. The smallest absolute Gasteiger partial charge is 0.405 e. The van der Waals surface area contributed by atoms with E-state index in [4.69, 9.17) is 5.11 Å². The van der Waals surface area contributed by atoms with Crippen LogP contribution in [0.2, 0.25) is 0 Å². The van der Waals surface area contributed by atoms with Crippen LogP contribution >= 0.6 is 0 Å². The second-order valence-corrected chi connectivity index (χ2v) is 3.63. The molecule has 3 N–H and O–H groups in total. The Bertz CT molecular complexity index is 299. The first-order chi connectivity index (χ1) is 7.25. The first-order valence-electron chi connectivity index (χ1n) is 4.61. The topological polar surface area (TPSA) is 78.4 Å². The van der Waals surface area contributed by atoms with Gasteiger partial charge in [-0.15, -0.1) is 0 Å². The molecule has 1 saturated carbocycles. The maximum Gasteiger partial charge on any atom is 0.405 e. The quantitative estimate of drug-likeness (QED) is 0.681. The molecule has 0 spiro atoms. The minimum absolute atomic E-state index is 0.317. The molecule has 1 aliphatic rings. The fraction of sp³-hybridized carbons (Fsp3) is 0.750.